The van der Waals surface area contributed by atoms with Crippen LogP contribution in [0.4, 0.5) is 0 Å². The van der Waals surface area contributed by atoms with Crippen LogP contribution < -0.4 is 4.74 Å². The van der Waals surface area contributed by atoms with Crippen molar-refractivity contribution in [3.63, 3.8) is 0 Å². The Hall–Kier alpha value is -1.92. The summed E-state index contributed by atoms with van der Waals surface area (Å²) in [6.45, 7) is 12.5. The number of hydrogen-bond acceptors (Lipinski definition) is 5. The number of rotatable bonds is 9. The van der Waals surface area contributed by atoms with Gasteiger partial charge in [-0.2, -0.15) is 0 Å². The van der Waals surface area contributed by atoms with Crippen LogP contribution in [0, 0.1) is 5.92 Å². The zero-order chi connectivity index (χ0) is 21.5. The minimum Gasteiger partial charge on any atom is -0.494 e. The summed E-state index contributed by atoms with van der Waals surface area (Å²) >= 11 is 0. The third-order valence-corrected chi connectivity index (χ3v) is 6.27. The molecule has 0 aliphatic carbocycles. The molecule has 0 radical (unpaired) electrons. The van der Waals surface area contributed by atoms with Crippen LogP contribution in [0.25, 0.3) is 0 Å². The van der Waals surface area contributed by atoms with Crippen LogP contribution in [-0.2, 0) is 4.79 Å². The Bertz CT molecular complexity index is 696. The summed E-state index contributed by atoms with van der Waals surface area (Å²) in [7, 11) is 0. The normalized spacial score (nSPS) is 20.7. The minimum absolute atomic E-state index is 0.0303. The SMILES string of the molecule is CC(C)C(=O)N1CCN(CC(=O)c2ccc(OCCCN3CCC[C@H]3C)cc2)CC1. The van der Waals surface area contributed by atoms with Gasteiger partial charge in [0.1, 0.15) is 5.75 Å². The van der Waals surface area contributed by atoms with Crippen molar-refractivity contribution in [1.82, 2.24) is 14.7 Å². The van der Waals surface area contributed by atoms with Gasteiger partial charge in [0.25, 0.3) is 0 Å². The summed E-state index contributed by atoms with van der Waals surface area (Å²) in [4.78, 5) is 31.3. The first kappa shape index (κ1) is 22.8. The van der Waals surface area contributed by atoms with Crippen molar-refractivity contribution in [3.05, 3.63) is 29.8 Å². The van der Waals surface area contributed by atoms with Gasteiger partial charge in [0.05, 0.1) is 13.2 Å². The molecule has 2 aliphatic rings. The van der Waals surface area contributed by atoms with E-state index in [4.69, 9.17) is 4.74 Å². The number of Topliss-reactive ketones (excluding diaryl/α,β-unsaturated/α-hetero) is 1. The number of carbonyl (C=O) groups excluding carboxylic acids is 2. The molecule has 0 aromatic heterocycles. The number of piperazine rings is 1. The molecule has 1 atom stereocenters. The summed E-state index contributed by atoms with van der Waals surface area (Å²) in [6, 6.07) is 8.21. The lowest BCUT2D eigenvalue weighted by molar-refractivity contribution is -0.136. The predicted octanol–water partition coefficient (Wildman–Crippen LogP) is 2.92. The number of ketones is 1. The molecule has 6 nitrogen and oxygen atoms in total. The highest BCUT2D eigenvalue weighted by atomic mass is 16.5. The van der Waals surface area contributed by atoms with Crippen LogP contribution in [0.3, 0.4) is 0 Å². The molecule has 2 heterocycles. The Morgan fingerprint density at radius 3 is 2.37 bits per heavy atom. The molecule has 0 spiro atoms. The topological polar surface area (TPSA) is 53.1 Å². The van der Waals surface area contributed by atoms with Crippen molar-refractivity contribution in [2.75, 3.05) is 52.4 Å². The maximum atomic E-state index is 12.6. The number of likely N-dealkylation sites (tertiary alicyclic amines) is 1. The van der Waals surface area contributed by atoms with Gasteiger partial charge in [0, 0.05) is 50.2 Å². The van der Waals surface area contributed by atoms with Gasteiger partial charge in [-0.3, -0.25) is 14.5 Å². The van der Waals surface area contributed by atoms with Gasteiger partial charge < -0.3 is 14.5 Å². The highest BCUT2D eigenvalue weighted by Gasteiger charge is 2.24. The average molecular weight is 416 g/mol. The molecule has 1 amide bonds. The molecule has 0 N–H and O–H groups in total. The number of carbonyl (C=O) groups is 2. The van der Waals surface area contributed by atoms with Gasteiger partial charge in [-0.15, -0.1) is 0 Å². The van der Waals surface area contributed by atoms with E-state index in [0.717, 1.165) is 31.8 Å². The second kappa shape index (κ2) is 10.9. The van der Waals surface area contributed by atoms with Crippen LogP contribution in [0.15, 0.2) is 24.3 Å². The molecule has 0 saturated carbocycles. The monoisotopic (exact) mass is 415 g/mol. The van der Waals surface area contributed by atoms with Gasteiger partial charge >= 0.3 is 0 Å². The molecule has 3 rings (SSSR count). The number of ether oxygens (including phenoxy) is 1. The van der Waals surface area contributed by atoms with Crippen molar-refractivity contribution in [2.45, 2.75) is 46.1 Å². The zero-order valence-corrected chi connectivity index (χ0v) is 18.8. The predicted molar refractivity (Wildman–Crippen MR) is 119 cm³/mol. The molecule has 1 aromatic carbocycles. The fraction of sp³-hybridized carbons (Fsp3) is 0.667. The van der Waals surface area contributed by atoms with E-state index in [1.54, 1.807) is 0 Å². The maximum Gasteiger partial charge on any atom is 0.225 e. The number of benzene rings is 1. The zero-order valence-electron chi connectivity index (χ0n) is 18.8. The smallest absolute Gasteiger partial charge is 0.225 e. The van der Waals surface area contributed by atoms with Gasteiger partial charge in [-0.25, -0.2) is 0 Å². The maximum absolute atomic E-state index is 12.6. The second-order valence-electron chi connectivity index (χ2n) is 8.93. The fourth-order valence-electron chi connectivity index (χ4n) is 4.31. The number of nitrogens with zero attached hydrogens (tertiary/aromatic N) is 3. The number of amides is 1. The highest BCUT2D eigenvalue weighted by Crippen LogP contribution is 2.17. The molecule has 0 unspecified atom stereocenters. The molecule has 1 aromatic rings. The Kier molecular flexibility index (Phi) is 8.28. The van der Waals surface area contributed by atoms with Crippen LogP contribution >= 0.6 is 0 Å². The molecule has 2 aliphatic heterocycles. The quantitative estimate of drug-likeness (QED) is 0.459. The van der Waals surface area contributed by atoms with Crippen molar-refractivity contribution in [1.29, 1.82) is 0 Å². The van der Waals surface area contributed by atoms with Crippen LogP contribution in [0.5, 0.6) is 5.75 Å². The van der Waals surface area contributed by atoms with Gasteiger partial charge in [-0.1, -0.05) is 13.8 Å². The summed E-state index contributed by atoms with van der Waals surface area (Å²) < 4.78 is 5.85. The Labute approximate surface area is 181 Å². The standard InChI is InChI=1S/C24H37N3O3/c1-19(2)24(29)27-15-13-25(14-16-27)18-23(28)21-7-9-22(10-8-21)30-17-5-12-26-11-4-6-20(26)3/h7-10,19-20H,4-6,11-18H2,1-3H3/t20-/m1/s1. The summed E-state index contributed by atoms with van der Waals surface area (Å²) in [5.74, 6) is 1.17. The van der Waals surface area contributed by atoms with Gasteiger partial charge in [0.15, 0.2) is 5.78 Å². The van der Waals surface area contributed by atoms with E-state index in [1.807, 2.05) is 43.0 Å². The second-order valence-corrected chi connectivity index (χ2v) is 8.93. The first-order valence-corrected chi connectivity index (χ1v) is 11.5. The molecule has 2 saturated heterocycles. The Balaban J connectivity index is 1.37. The van der Waals surface area contributed by atoms with E-state index in [0.29, 0.717) is 37.8 Å². The highest BCUT2D eigenvalue weighted by molar-refractivity contribution is 5.97. The minimum atomic E-state index is 0.0303. The van der Waals surface area contributed by atoms with Crippen LogP contribution in [0.1, 0.15) is 50.4 Å². The van der Waals surface area contributed by atoms with Gasteiger partial charge in [-0.05, 0) is 57.0 Å². The fourth-order valence-corrected chi connectivity index (χ4v) is 4.31. The average Bonchev–Trinajstić information content (AvgIpc) is 3.16. The largest absolute Gasteiger partial charge is 0.494 e. The van der Waals surface area contributed by atoms with Crippen LogP contribution in [-0.4, -0.2) is 84.9 Å². The molecular formula is C24H37N3O3. The number of hydrogen-bond donors (Lipinski definition) is 0. The molecule has 0 bridgehead atoms. The van der Waals surface area contributed by atoms with E-state index in [-0.39, 0.29) is 17.6 Å². The lowest BCUT2D eigenvalue weighted by Gasteiger charge is -2.35. The van der Waals surface area contributed by atoms with E-state index >= 15 is 0 Å². The lowest BCUT2D eigenvalue weighted by Crippen LogP contribution is -2.50. The van der Waals surface area contributed by atoms with E-state index in [2.05, 4.69) is 16.7 Å². The third kappa shape index (κ3) is 6.29. The summed E-state index contributed by atoms with van der Waals surface area (Å²) in [5.41, 5.74) is 0.717. The Morgan fingerprint density at radius 1 is 1.07 bits per heavy atom. The molecule has 30 heavy (non-hydrogen) atoms. The summed E-state index contributed by atoms with van der Waals surface area (Å²) in [6.07, 6.45) is 3.64. The van der Waals surface area contributed by atoms with Gasteiger partial charge in [0.2, 0.25) is 5.91 Å². The van der Waals surface area contributed by atoms with E-state index in [1.165, 1.54) is 19.4 Å². The first-order valence-electron chi connectivity index (χ1n) is 11.5. The van der Waals surface area contributed by atoms with Crippen molar-refractivity contribution < 1.29 is 14.3 Å². The lowest BCUT2D eigenvalue weighted by atomic mass is 10.1. The molecular weight excluding hydrogens is 378 g/mol. The van der Waals surface area contributed by atoms with Crippen molar-refractivity contribution >= 4 is 11.7 Å². The van der Waals surface area contributed by atoms with Crippen molar-refractivity contribution in [2.24, 2.45) is 5.92 Å². The third-order valence-electron chi connectivity index (χ3n) is 6.27. The van der Waals surface area contributed by atoms with E-state index < -0.39 is 0 Å². The van der Waals surface area contributed by atoms with E-state index in [9.17, 15) is 9.59 Å². The summed E-state index contributed by atoms with van der Waals surface area (Å²) in [5, 5.41) is 0. The molecule has 166 valence electrons. The molecule has 2 fully saturated rings. The van der Waals surface area contributed by atoms with Crippen LogP contribution in [0.2, 0.25) is 0 Å². The first-order chi connectivity index (χ1) is 14.4. The van der Waals surface area contributed by atoms with Crippen molar-refractivity contribution in [3.8, 4) is 5.75 Å². The molecule has 6 heteroatoms. The Morgan fingerprint density at radius 2 is 1.77 bits per heavy atom.